The van der Waals surface area contributed by atoms with Gasteiger partial charge in [0.15, 0.2) is 0 Å². The van der Waals surface area contributed by atoms with Crippen molar-refractivity contribution in [3.8, 4) is 5.75 Å². The topological polar surface area (TPSA) is 43.4 Å². The van der Waals surface area contributed by atoms with E-state index < -0.39 is 0 Å². The maximum absolute atomic E-state index is 6.08. The van der Waals surface area contributed by atoms with E-state index in [0.29, 0.717) is 18.2 Å². The number of nitrogens with zero attached hydrogens (tertiary/aromatic N) is 1. The fourth-order valence-corrected chi connectivity index (χ4v) is 2.04. The van der Waals surface area contributed by atoms with Crippen LogP contribution in [0.1, 0.15) is 11.1 Å². The van der Waals surface area contributed by atoms with E-state index in [1.54, 1.807) is 19.5 Å². The first-order valence-corrected chi connectivity index (χ1v) is 7.18. The van der Waals surface area contributed by atoms with E-state index in [2.05, 4.69) is 10.3 Å². The second-order valence-electron chi connectivity index (χ2n) is 4.53. The average Bonchev–Trinajstić information content (AvgIpc) is 2.52. The van der Waals surface area contributed by atoms with Gasteiger partial charge in [0.25, 0.3) is 0 Å². The minimum absolute atomic E-state index is 0.427. The lowest BCUT2D eigenvalue weighted by Crippen LogP contribution is -2.19. The number of hydrogen-bond donors (Lipinski definition) is 1. The summed E-state index contributed by atoms with van der Waals surface area (Å²) in [6.45, 7) is 2.66. The lowest BCUT2D eigenvalue weighted by Gasteiger charge is -2.12. The molecule has 0 amide bonds. The molecule has 0 bridgehead atoms. The zero-order valence-electron chi connectivity index (χ0n) is 12.0. The molecule has 112 valence electrons. The maximum Gasteiger partial charge on any atom is 0.124 e. The van der Waals surface area contributed by atoms with Crippen LogP contribution in [0.2, 0.25) is 5.02 Å². The van der Waals surface area contributed by atoms with Crippen molar-refractivity contribution in [1.82, 2.24) is 10.3 Å². The van der Waals surface area contributed by atoms with Crippen LogP contribution >= 0.6 is 11.6 Å². The number of benzene rings is 1. The zero-order valence-corrected chi connectivity index (χ0v) is 12.8. The highest BCUT2D eigenvalue weighted by atomic mass is 35.5. The zero-order chi connectivity index (χ0) is 14.9. The summed E-state index contributed by atoms with van der Waals surface area (Å²) in [4.78, 5) is 3.97. The summed E-state index contributed by atoms with van der Waals surface area (Å²) < 4.78 is 10.9. The van der Waals surface area contributed by atoms with Crippen molar-refractivity contribution in [2.75, 3.05) is 20.3 Å². The molecule has 1 heterocycles. The van der Waals surface area contributed by atoms with Gasteiger partial charge in [-0.1, -0.05) is 29.8 Å². The predicted octanol–water partition coefficient (Wildman–Crippen LogP) is 3.05. The Morgan fingerprint density at radius 2 is 2.05 bits per heavy atom. The SMILES string of the molecule is COCCNCc1ccccc1OCc1ccncc1Cl. The third-order valence-corrected chi connectivity index (χ3v) is 3.35. The molecule has 4 nitrogen and oxygen atoms in total. The second-order valence-corrected chi connectivity index (χ2v) is 4.94. The van der Waals surface area contributed by atoms with Gasteiger partial charge in [0.05, 0.1) is 11.6 Å². The summed E-state index contributed by atoms with van der Waals surface area (Å²) in [5.41, 5.74) is 2.03. The molecule has 0 atom stereocenters. The molecule has 0 unspecified atom stereocenters. The third kappa shape index (κ3) is 5.01. The van der Waals surface area contributed by atoms with Crippen LogP contribution in [0.5, 0.6) is 5.75 Å². The Morgan fingerprint density at radius 1 is 1.19 bits per heavy atom. The molecule has 0 aliphatic carbocycles. The number of methoxy groups -OCH3 is 1. The molecular weight excluding hydrogens is 288 g/mol. The first kappa shape index (κ1) is 15.8. The van der Waals surface area contributed by atoms with Crippen molar-refractivity contribution in [3.63, 3.8) is 0 Å². The van der Waals surface area contributed by atoms with Crippen molar-refractivity contribution in [1.29, 1.82) is 0 Å². The van der Waals surface area contributed by atoms with Gasteiger partial charge >= 0.3 is 0 Å². The van der Waals surface area contributed by atoms with Gasteiger partial charge in [-0.25, -0.2) is 0 Å². The molecule has 0 aliphatic heterocycles. The monoisotopic (exact) mass is 306 g/mol. The number of nitrogens with one attached hydrogen (secondary N) is 1. The van der Waals surface area contributed by atoms with Crippen LogP contribution in [0.25, 0.3) is 0 Å². The number of halogens is 1. The Hall–Kier alpha value is -1.62. The highest BCUT2D eigenvalue weighted by Gasteiger charge is 2.05. The summed E-state index contributed by atoms with van der Waals surface area (Å²) in [5, 5.41) is 3.93. The lowest BCUT2D eigenvalue weighted by atomic mass is 10.2. The fraction of sp³-hybridized carbons (Fsp3) is 0.312. The molecule has 5 heteroatoms. The molecular formula is C16H19ClN2O2. The van der Waals surface area contributed by atoms with Crippen LogP contribution < -0.4 is 10.1 Å². The molecule has 0 radical (unpaired) electrons. The first-order chi connectivity index (χ1) is 10.3. The number of ether oxygens (including phenoxy) is 2. The molecule has 0 saturated heterocycles. The van der Waals surface area contributed by atoms with Crippen LogP contribution in [0, 0.1) is 0 Å². The Labute approximate surface area is 130 Å². The van der Waals surface area contributed by atoms with Crippen molar-refractivity contribution in [3.05, 3.63) is 58.9 Å². The summed E-state index contributed by atoms with van der Waals surface area (Å²) in [6, 6.07) is 9.83. The predicted molar refractivity (Wildman–Crippen MR) is 83.6 cm³/mol. The first-order valence-electron chi connectivity index (χ1n) is 6.80. The summed E-state index contributed by atoms with van der Waals surface area (Å²) in [6.07, 6.45) is 3.33. The quantitative estimate of drug-likeness (QED) is 0.761. The van der Waals surface area contributed by atoms with Crippen LogP contribution in [-0.2, 0) is 17.9 Å². The van der Waals surface area contributed by atoms with Gasteiger partial charge < -0.3 is 14.8 Å². The van der Waals surface area contributed by atoms with Crippen molar-refractivity contribution in [2.24, 2.45) is 0 Å². The van der Waals surface area contributed by atoms with Crippen molar-refractivity contribution < 1.29 is 9.47 Å². The Kier molecular flexibility index (Phi) is 6.47. The second kappa shape index (κ2) is 8.62. The van der Waals surface area contributed by atoms with Crippen LogP contribution in [0.15, 0.2) is 42.7 Å². The molecule has 1 aromatic carbocycles. The maximum atomic E-state index is 6.08. The number of para-hydroxylation sites is 1. The number of rotatable bonds is 8. The molecule has 0 saturated carbocycles. The van der Waals surface area contributed by atoms with Gasteiger partial charge in [-0.3, -0.25) is 4.98 Å². The minimum atomic E-state index is 0.427. The average molecular weight is 307 g/mol. The molecule has 2 aromatic rings. The molecule has 21 heavy (non-hydrogen) atoms. The molecule has 0 fully saturated rings. The van der Waals surface area contributed by atoms with Gasteiger partial charge in [-0.05, 0) is 12.1 Å². The Bertz CT molecular complexity index is 563. The van der Waals surface area contributed by atoms with Gasteiger partial charge in [-0.2, -0.15) is 0 Å². The lowest BCUT2D eigenvalue weighted by molar-refractivity contribution is 0.199. The van der Waals surface area contributed by atoms with Crippen LogP contribution in [0.3, 0.4) is 0 Å². The summed E-state index contributed by atoms with van der Waals surface area (Å²) in [7, 11) is 1.69. The van der Waals surface area contributed by atoms with E-state index >= 15 is 0 Å². The van der Waals surface area contributed by atoms with E-state index in [9.17, 15) is 0 Å². The van der Waals surface area contributed by atoms with Crippen LogP contribution in [0.4, 0.5) is 0 Å². The van der Waals surface area contributed by atoms with Gasteiger partial charge in [0.2, 0.25) is 0 Å². The van der Waals surface area contributed by atoms with E-state index in [1.807, 2.05) is 30.3 Å². The largest absolute Gasteiger partial charge is 0.489 e. The Morgan fingerprint density at radius 3 is 2.86 bits per heavy atom. The van der Waals surface area contributed by atoms with E-state index in [-0.39, 0.29) is 0 Å². The summed E-state index contributed by atoms with van der Waals surface area (Å²) >= 11 is 6.08. The van der Waals surface area contributed by atoms with Gasteiger partial charge in [-0.15, -0.1) is 0 Å². The number of aromatic nitrogens is 1. The molecule has 1 N–H and O–H groups in total. The molecule has 0 spiro atoms. The third-order valence-electron chi connectivity index (χ3n) is 3.01. The smallest absolute Gasteiger partial charge is 0.124 e. The van der Waals surface area contributed by atoms with Gasteiger partial charge in [0.1, 0.15) is 12.4 Å². The highest BCUT2D eigenvalue weighted by Crippen LogP contribution is 2.21. The molecule has 0 aliphatic rings. The van der Waals surface area contributed by atoms with Gasteiger partial charge in [0, 0.05) is 43.7 Å². The van der Waals surface area contributed by atoms with E-state index in [1.165, 1.54) is 0 Å². The normalized spacial score (nSPS) is 10.6. The molecule has 2 rings (SSSR count). The minimum Gasteiger partial charge on any atom is -0.489 e. The standard InChI is InChI=1S/C16H19ClN2O2/c1-20-9-8-19-10-13-4-2-3-5-16(13)21-12-14-6-7-18-11-15(14)17/h2-7,11,19H,8-10,12H2,1H3. The Balaban J connectivity index is 1.95. The fourth-order valence-electron chi connectivity index (χ4n) is 1.86. The van der Waals surface area contributed by atoms with Crippen LogP contribution in [-0.4, -0.2) is 25.2 Å². The van der Waals surface area contributed by atoms with E-state index in [4.69, 9.17) is 21.1 Å². The van der Waals surface area contributed by atoms with Crippen molar-refractivity contribution >= 4 is 11.6 Å². The number of hydrogen-bond acceptors (Lipinski definition) is 4. The van der Waals surface area contributed by atoms with Crippen molar-refractivity contribution in [2.45, 2.75) is 13.2 Å². The highest BCUT2D eigenvalue weighted by molar-refractivity contribution is 6.31. The number of pyridine rings is 1. The van der Waals surface area contributed by atoms with E-state index in [0.717, 1.165) is 30.0 Å². The molecule has 1 aromatic heterocycles. The summed E-state index contributed by atoms with van der Waals surface area (Å²) in [5.74, 6) is 0.857.